The van der Waals surface area contributed by atoms with Gasteiger partial charge in [-0.2, -0.15) is 0 Å². The molecule has 1 aromatic carbocycles. The van der Waals surface area contributed by atoms with Crippen LogP contribution in [0.1, 0.15) is 17.3 Å². The Hall–Kier alpha value is -1.07. The van der Waals surface area contributed by atoms with E-state index in [1.807, 2.05) is 36.0 Å². The van der Waals surface area contributed by atoms with Crippen LogP contribution in [0.15, 0.2) is 45.1 Å². The van der Waals surface area contributed by atoms with Crippen LogP contribution in [0, 0.1) is 0 Å². The van der Waals surface area contributed by atoms with Crippen LogP contribution < -0.4 is 0 Å². The number of hydrogen-bond donors (Lipinski definition) is 0. The van der Waals surface area contributed by atoms with E-state index in [1.54, 1.807) is 24.9 Å². The smallest absolute Gasteiger partial charge is 0.172 e. The van der Waals surface area contributed by atoms with Crippen LogP contribution in [0.25, 0.3) is 0 Å². The van der Waals surface area contributed by atoms with Crippen LogP contribution >= 0.6 is 27.7 Å². The fourth-order valence-electron chi connectivity index (χ4n) is 1.35. The number of ketones is 1. The van der Waals surface area contributed by atoms with E-state index < -0.39 is 0 Å². The van der Waals surface area contributed by atoms with E-state index in [9.17, 15) is 4.79 Å². The Labute approximate surface area is 112 Å². The Balaban J connectivity index is 2.29. The summed E-state index contributed by atoms with van der Waals surface area (Å²) in [7, 11) is 1.95. The second-order valence-corrected chi connectivity index (χ2v) is 5.49. The maximum atomic E-state index is 11.2. The van der Waals surface area contributed by atoms with Crippen molar-refractivity contribution in [1.82, 2.24) is 9.55 Å². The second-order valence-electron chi connectivity index (χ2n) is 3.62. The van der Waals surface area contributed by atoms with Crippen molar-refractivity contribution >= 4 is 33.5 Å². The number of nitrogens with zero attached hydrogens (tertiary/aromatic N) is 2. The van der Waals surface area contributed by atoms with Gasteiger partial charge in [-0.15, -0.1) is 0 Å². The first-order valence-corrected chi connectivity index (χ1v) is 6.64. The Kier molecular flexibility index (Phi) is 3.69. The van der Waals surface area contributed by atoms with Crippen LogP contribution in [-0.2, 0) is 7.05 Å². The quantitative estimate of drug-likeness (QED) is 0.813. The molecule has 3 nitrogen and oxygen atoms in total. The molecule has 0 aliphatic heterocycles. The summed E-state index contributed by atoms with van der Waals surface area (Å²) < 4.78 is 2.87. The van der Waals surface area contributed by atoms with Gasteiger partial charge in [0.2, 0.25) is 0 Å². The van der Waals surface area contributed by atoms with Gasteiger partial charge in [0.05, 0.1) is 0 Å². The van der Waals surface area contributed by atoms with Gasteiger partial charge in [0.25, 0.3) is 0 Å². The Morgan fingerprint density at radius 3 is 2.76 bits per heavy atom. The molecule has 5 heteroatoms. The van der Waals surface area contributed by atoms with Gasteiger partial charge in [0, 0.05) is 34.4 Å². The number of rotatable bonds is 3. The predicted molar refractivity (Wildman–Crippen MR) is 71.5 cm³/mol. The molecule has 0 saturated heterocycles. The van der Waals surface area contributed by atoms with E-state index >= 15 is 0 Å². The third-order valence-electron chi connectivity index (χ3n) is 2.32. The summed E-state index contributed by atoms with van der Waals surface area (Å²) in [4.78, 5) is 16.5. The van der Waals surface area contributed by atoms with Crippen molar-refractivity contribution in [2.75, 3.05) is 0 Å². The minimum atomic E-state index is 0.0687. The fourth-order valence-corrected chi connectivity index (χ4v) is 2.78. The first kappa shape index (κ1) is 12.4. The van der Waals surface area contributed by atoms with Crippen molar-refractivity contribution in [2.24, 2.45) is 7.05 Å². The lowest BCUT2D eigenvalue weighted by Gasteiger charge is -2.05. The van der Waals surface area contributed by atoms with Crippen molar-refractivity contribution in [3.8, 4) is 0 Å². The van der Waals surface area contributed by atoms with Crippen molar-refractivity contribution in [2.45, 2.75) is 17.0 Å². The summed E-state index contributed by atoms with van der Waals surface area (Å²) in [6.07, 6.45) is 3.67. The van der Waals surface area contributed by atoms with Crippen molar-refractivity contribution < 1.29 is 4.79 Å². The lowest BCUT2D eigenvalue weighted by molar-refractivity contribution is 0.101. The lowest BCUT2D eigenvalue weighted by atomic mass is 10.2. The standard InChI is InChI=1S/C12H11BrN2OS/c1-8(16)9-3-4-11(10(13)7-9)17-12-14-5-6-15(12)2/h3-7H,1-2H3. The molecular weight excluding hydrogens is 300 g/mol. The van der Waals surface area contributed by atoms with E-state index in [0.29, 0.717) is 5.56 Å². The molecule has 0 aliphatic rings. The average molecular weight is 311 g/mol. The van der Waals surface area contributed by atoms with Gasteiger partial charge in [-0.3, -0.25) is 4.79 Å². The van der Waals surface area contributed by atoms with Crippen LogP contribution in [0.2, 0.25) is 0 Å². The highest BCUT2D eigenvalue weighted by Crippen LogP contribution is 2.32. The molecule has 0 aliphatic carbocycles. The van der Waals surface area contributed by atoms with Crippen LogP contribution in [-0.4, -0.2) is 15.3 Å². The van der Waals surface area contributed by atoms with Crippen LogP contribution in [0.3, 0.4) is 0 Å². The summed E-state index contributed by atoms with van der Waals surface area (Å²) in [6.45, 7) is 1.56. The number of aromatic nitrogens is 2. The van der Waals surface area contributed by atoms with Gasteiger partial charge in [-0.1, -0.05) is 17.8 Å². The molecule has 0 N–H and O–H groups in total. The number of hydrogen-bond acceptors (Lipinski definition) is 3. The topological polar surface area (TPSA) is 34.9 Å². The highest BCUT2D eigenvalue weighted by atomic mass is 79.9. The van der Waals surface area contributed by atoms with Gasteiger partial charge < -0.3 is 4.57 Å². The van der Waals surface area contributed by atoms with Gasteiger partial charge in [-0.05, 0) is 35.0 Å². The SMILES string of the molecule is CC(=O)c1ccc(Sc2nccn2C)c(Br)c1. The second kappa shape index (κ2) is 5.06. The first-order chi connectivity index (χ1) is 8.08. The molecular formula is C12H11BrN2OS. The molecule has 0 radical (unpaired) electrons. The number of carbonyl (C=O) groups is 1. The van der Waals surface area contributed by atoms with Crippen LogP contribution in [0.5, 0.6) is 0 Å². The molecule has 0 saturated carbocycles. The molecule has 0 atom stereocenters. The Morgan fingerprint density at radius 2 is 2.24 bits per heavy atom. The number of Topliss-reactive ketones (excluding diaryl/α,β-unsaturated/α-hetero) is 1. The number of imidazole rings is 1. The van der Waals surface area contributed by atoms with Gasteiger partial charge in [-0.25, -0.2) is 4.98 Å². The molecule has 2 aromatic rings. The number of halogens is 1. The predicted octanol–water partition coefficient (Wildman–Crippen LogP) is 3.54. The highest BCUT2D eigenvalue weighted by molar-refractivity contribution is 9.10. The first-order valence-electron chi connectivity index (χ1n) is 5.03. The van der Waals surface area contributed by atoms with E-state index in [0.717, 1.165) is 14.5 Å². The van der Waals surface area contributed by atoms with Crippen molar-refractivity contribution in [3.05, 3.63) is 40.6 Å². The zero-order chi connectivity index (χ0) is 12.4. The molecule has 1 aromatic heterocycles. The molecule has 0 fully saturated rings. The molecule has 0 bridgehead atoms. The molecule has 0 spiro atoms. The fraction of sp³-hybridized carbons (Fsp3) is 0.167. The third-order valence-corrected chi connectivity index (χ3v) is 4.39. The average Bonchev–Trinajstić information content (AvgIpc) is 2.67. The number of benzene rings is 1. The van der Waals surface area contributed by atoms with Crippen molar-refractivity contribution in [3.63, 3.8) is 0 Å². The summed E-state index contributed by atoms with van der Waals surface area (Å²) in [5.41, 5.74) is 0.709. The minimum Gasteiger partial charge on any atom is -0.329 e. The zero-order valence-electron chi connectivity index (χ0n) is 9.48. The van der Waals surface area contributed by atoms with Crippen molar-refractivity contribution in [1.29, 1.82) is 0 Å². The van der Waals surface area contributed by atoms with Gasteiger partial charge >= 0.3 is 0 Å². The summed E-state index contributed by atoms with van der Waals surface area (Å²) >= 11 is 5.04. The van der Waals surface area contributed by atoms with E-state index in [4.69, 9.17) is 0 Å². The normalized spacial score (nSPS) is 10.5. The molecule has 17 heavy (non-hydrogen) atoms. The summed E-state index contributed by atoms with van der Waals surface area (Å²) in [6, 6.07) is 5.60. The minimum absolute atomic E-state index is 0.0687. The van der Waals surface area contributed by atoms with Crippen LogP contribution in [0.4, 0.5) is 0 Å². The molecule has 1 heterocycles. The number of carbonyl (C=O) groups excluding carboxylic acids is 1. The highest BCUT2D eigenvalue weighted by Gasteiger charge is 2.08. The summed E-state index contributed by atoms with van der Waals surface area (Å²) in [5.74, 6) is 0.0687. The molecule has 0 amide bonds. The maximum absolute atomic E-state index is 11.2. The monoisotopic (exact) mass is 310 g/mol. The van der Waals surface area contributed by atoms with E-state index in [2.05, 4.69) is 20.9 Å². The zero-order valence-corrected chi connectivity index (χ0v) is 11.9. The molecule has 0 unspecified atom stereocenters. The molecule has 2 rings (SSSR count). The lowest BCUT2D eigenvalue weighted by Crippen LogP contribution is -1.93. The number of aryl methyl sites for hydroxylation is 1. The Morgan fingerprint density at radius 1 is 1.47 bits per heavy atom. The third kappa shape index (κ3) is 2.79. The van der Waals surface area contributed by atoms with Gasteiger partial charge in [0.15, 0.2) is 10.9 Å². The van der Waals surface area contributed by atoms with E-state index in [1.165, 1.54) is 0 Å². The van der Waals surface area contributed by atoms with Gasteiger partial charge in [0.1, 0.15) is 0 Å². The van der Waals surface area contributed by atoms with E-state index in [-0.39, 0.29) is 5.78 Å². The largest absolute Gasteiger partial charge is 0.329 e. The Bertz CT molecular complexity index is 565. The maximum Gasteiger partial charge on any atom is 0.172 e. The summed E-state index contributed by atoms with van der Waals surface area (Å²) in [5, 5.41) is 0.918. The molecule has 88 valence electrons.